The summed E-state index contributed by atoms with van der Waals surface area (Å²) in [6, 6.07) is 19.6. The van der Waals surface area contributed by atoms with Gasteiger partial charge in [0.2, 0.25) is 0 Å². The van der Waals surface area contributed by atoms with Gasteiger partial charge in [-0.1, -0.05) is 63.2 Å². The number of ether oxygens (including phenoxy) is 1. The Morgan fingerprint density at radius 1 is 1.03 bits per heavy atom. The quantitative estimate of drug-likeness (QED) is 0.370. The number of hydrogen-bond acceptors (Lipinski definition) is 4. The summed E-state index contributed by atoms with van der Waals surface area (Å²) in [7, 11) is 0. The minimum atomic E-state index is -0.696. The number of allylic oxidation sites excluding steroid dienone is 1. The summed E-state index contributed by atoms with van der Waals surface area (Å²) in [6.45, 7) is 8.47. The Morgan fingerprint density at radius 2 is 1.78 bits per heavy atom. The number of anilines is 1. The number of nitrogens with zero attached hydrogens (tertiary/aromatic N) is 1. The summed E-state index contributed by atoms with van der Waals surface area (Å²) in [5.74, 6) is -0.516. The highest BCUT2D eigenvalue weighted by Crippen LogP contribution is 2.33. The molecule has 3 amide bonds. The van der Waals surface area contributed by atoms with Gasteiger partial charge in [0, 0.05) is 23.5 Å². The van der Waals surface area contributed by atoms with Crippen LogP contribution < -0.4 is 10.6 Å². The van der Waals surface area contributed by atoms with Gasteiger partial charge in [0.25, 0.3) is 5.91 Å². The topological polar surface area (TPSA) is 87.7 Å². The van der Waals surface area contributed by atoms with Gasteiger partial charge in [-0.3, -0.25) is 9.69 Å². The maximum atomic E-state index is 13.2. The number of fused-ring (bicyclic) bond motifs is 1. The van der Waals surface area contributed by atoms with Crippen LogP contribution in [0.1, 0.15) is 56.1 Å². The first-order chi connectivity index (χ1) is 17.8. The van der Waals surface area contributed by atoms with Crippen molar-refractivity contribution in [2.24, 2.45) is 5.92 Å². The number of carbonyl (C=O) groups is 3. The van der Waals surface area contributed by atoms with Crippen molar-refractivity contribution in [2.75, 3.05) is 18.5 Å². The minimum absolute atomic E-state index is 0.182. The number of carbonyl (C=O) groups excluding carboxylic acids is 3. The van der Waals surface area contributed by atoms with Gasteiger partial charge in [0.15, 0.2) is 0 Å². The SMILES string of the molecule is CCCN1C(=O)N[C@H](c2cccc(NC(=O)c3ccc4ccccc4c3)c2)C(C(=O)OCC(C)C)=C1C. The van der Waals surface area contributed by atoms with Crippen LogP contribution in [0, 0.1) is 5.92 Å². The molecular formula is C30H33N3O4. The van der Waals surface area contributed by atoms with Gasteiger partial charge in [0.1, 0.15) is 0 Å². The van der Waals surface area contributed by atoms with Crippen molar-refractivity contribution >= 4 is 34.4 Å². The van der Waals surface area contributed by atoms with E-state index in [4.69, 9.17) is 4.74 Å². The lowest BCUT2D eigenvalue weighted by Crippen LogP contribution is -2.48. The van der Waals surface area contributed by atoms with E-state index < -0.39 is 12.0 Å². The monoisotopic (exact) mass is 499 g/mol. The Labute approximate surface area is 217 Å². The van der Waals surface area contributed by atoms with Crippen LogP contribution in [-0.2, 0) is 9.53 Å². The van der Waals surface area contributed by atoms with Crippen molar-refractivity contribution in [1.82, 2.24) is 10.2 Å². The number of hydrogen-bond donors (Lipinski definition) is 2. The van der Waals surface area contributed by atoms with E-state index in [9.17, 15) is 14.4 Å². The Morgan fingerprint density at radius 3 is 2.51 bits per heavy atom. The molecule has 2 N–H and O–H groups in total. The maximum Gasteiger partial charge on any atom is 0.338 e. The van der Waals surface area contributed by atoms with Gasteiger partial charge in [0.05, 0.1) is 18.2 Å². The van der Waals surface area contributed by atoms with E-state index in [-0.39, 0.29) is 24.5 Å². The number of nitrogens with one attached hydrogen (secondary N) is 2. The Bertz CT molecular complexity index is 1360. The van der Waals surface area contributed by atoms with Crippen LogP contribution in [-0.4, -0.2) is 36.0 Å². The van der Waals surface area contributed by atoms with Crippen molar-refractivity contribution in [3.05, 3.63) is 89.1 Å². The number of esters is 1. The first kappa shape index (κ1) is 25.9. The molecule has 0 bridgehead atoms. The summed E-state index contributed by atoms with van der Waals surface area (Å²) < 4.78 is 5.57. The molecule has 4 rings (SSSR count). The molecule has 1 aliphatic rings. The first-order valence-corrected chi connectivity index (χ1v) is 12.6. The summed E-state index contributed by atoms with van der Waals surface area (Å²) in [4.78, 5) is 40.7. The molecule has 1 heterocycles. The molecule has 0 radical (unpaired) electrons. The van der Waals surface area contributed by atoms with Crippen molar-refractivity contribution in [3.63, 3.8) is 0 Å². The maximum absolute atomic E-state index is 13.2. The Balaban J connectivity index is 1.63. The highest BCUT2D eigenvalue weighted by molar-refractivity contribution is 6.06. The fraction of sp³-hybridized carbons (Fsp3) is 0.300. The highest BCUT2D eigenvalue weighted by atomic mass is 16.5. The molecule has 0 unspecified atom stereocenters. The van der Waals surface area contributed by atoms with Crippen LogP contribution in [0.25, 0.3) is 10.8 Å². The molecule has 1 atom stereocenters. The molecule has 37 heavy (non-hydrogen) atoms. The van der Waals surface area contributed by atoms with E-state index in [1.807, 2.05) is 63.2 Å². The molecule has 1 aliphatic heterocycles. The van der Waals surface area contributed by atoms with E-state index >= 15 is 0 Å². The normalized spacial score (nSPS) is 15.6. The van der Waals surface area contributed by atoms with Crippen LogP contribution in [0.4, 0.5) is 10.5 Å². The van der Waals surface area contributed by atoms with Gasteiger partial charge in [-0.05, 0) is 59.9 Å². The van der Waals surface area contributed by atoms with E-state index in [0.717, 1.165) is 17.2 Å². The van der Waals surface area contributed by atoms with Crippen molar-refractivity contribution in [3.8, 4) is 0 Å². The first-order valence-electron chi connectivity index (χ1n) is 12.6. The van der Waals surface area contributed by atoms with Crippen LogP contribution in [0.15, 0.2) is 78.0 Å². The zero-order chi connectivity index (χ0) is 26.5. The van der Waals surface area contributed by atoms with Gasteiger partial charge in [-0.15, -0.1) is 0 Å². The Hall–Kier alpha value is -4.13. The third-order valence-electron chi connectivity index (χ3n) is 6.30. The van der Waals surface area contributed by atoms with Gasteiger partial charge < -0.3 is 15.4 Å². The van der Waals surface area contributed by atoms with E-state index in [2.05, 4.69) is 10.6 Å². The largest absolute Gasteiger partial charge is 0.462 e. The predicted molar refractivity (Wildman–Crippen MR) is 145 cm³/mol. The highest BCUT2D eigenvalue weighted by Gasteiger charge is 2.36. The average Bonchev–Trinajstić information content (AvgIpc) is 2.89. The third-order valence-corrected chi connectivity index (χ3v) is 6.30. The van der Waals surface area contributed by atoms with Gasteiger partial charge in [-0.25, -0.2) is 9.59 Å². The second kappa shape index (κ2) is 11.3. The molecule has 192 valence electrons. The molecule has 0 saturated heterocycles. The van der Waals surface area contributed by atoms with Crippen LogP contribution in [0.3, 0.4) is 0 Å². The lowest BCUT2D eigenvalue weighted by atomic mass is 9.94. The Kier molecular flexibility index (Phi) is 7.92. The lowest BCUT2D eigenvalue weighted by Gasteiger charge is -2.35. The fourth-order valence-electron chi connectivity index (χ4n) is 4.44. The number of urea groups is 1. The molecule has 3 aromatic carbocycles. The lowest BCUT2D eigenvalue weighted by molar-refractivity contribution is -0.140. The second-order valence-corrected chi connectivity index (χ2v) is 9.67. The molecule has 0 aliphatic carbocycles. The number of amides is 3. The van der Waals surface area contributed by atoms with Crippen molar-refractivity contribution in [2.45, 2.75) is 40.2 Å². The molecule has 7 heteroatoms. The van der Waals surface area contributed by atoms with E-state index in [0.29, 0.717) is 34.6 Å². The standard InChI is InChI=1S/C30H33N3O4/c1-5-15-33-20(4)26(29(35)37-18-19(2)3)27(32-30(33)36)23-11-8-12-25(17-23)31-28(34)24-14-13-21-9-6-7-10-22(21)16-24/h6-14,16-17,19,27H,5,15,18H2,1-4H3,(H,31,34)(H,32,36)/t27-/m1/s1. The van der Waals surface area contributed by atoms with E-state index in [1.165, 1.54) is 0 Å². The third kappa shape index (κ3) is 5.82. The summed E-state index contributed by atoms with van der Waals surface area (Å²) in [6.07, 6.45) is 0.750. The van der Waals surface area contributed by atoms with Crippen LogP contribution >= 0.6 is 0 Å². The zero-order valence-corrected chi connectivity index (χ0v) is 21.7. The van der Waals surface area contributed by atoms with Crippen LogP contribution in [0.2, 0.25) is 0 Å². The van der Waals surface area contributed by atoms with Crippen molar-refractivity contribution < 1.29 is 19.1 Å². The smallest absolute Gasteiger partial charge is 0.338 e. The van der Waals surface area contributed by atoms with Crippen molar-refractivity contribution in [1.29, 1.82) is 0 Å². The molecular weight excluding hydrogens is 466 g/mol. The molecule has 0 saturated carbocycles. The average molecular weight is 500 g/mol. The van der Waals surface area contributed by atoms with E-state index in [1.54, 1.807) is 36.1 Å². The second-order valence-electron chi connectivity index (χ2n) is 9.67. The fourth-order valence-corrected chi connectivity index (χ4v) is 4.44. The molecule has 0 spiro atoms. The summed E-state index contributed by atoms with van der Waals surface area (Å²) in [5, 5.41) is 7.95. The zero-order valence-electron chi connectivity index (χ0n) is 21.7. The van der Waals surface area contributed by atoms with Gasteiger partial charge in [-0.2, -0.15) is 0 Å². The molecule has 0 fully saturated rings. The van der Waals surface area contributed by atoms with Gasteiger partial charge >= 0.3 is 12.0 Å². The molecule has 7 nitrogen and oxygen atoms in total. The van der Waals surface area contributed by atoms with Crippen LogP contribution in [0.5, 0.6) is 0 Å². The minimum Gasteiger partial charge on any atom is -0.462 e. The predicted octanol–water partition coefficient (Wildman–Crippen LogP) is 6.04. The summed E-state index contributed by atoms with van der Waals surface area (Å²) >= 11 is 0. The number of benzene rings is 3. The summed E-state index contributed by atoms with van der Waals surface area (Å²) in [5.41, 5.74) is 2.76. The molecule has 0 aromatic heterocycles. The molecule has 3 aromatic rings. The number of rotatable bonds is 8.